The van der Waals surface area contributed by atoms with E-state index < -0.39 is 26.3 Å². The maximum absolute atomic E-state index is 10.4. The van der Waals surface area contributed by atoms with Crippen LogP contribution in [0.2, 0.25) is 11.6 Å². The van der Waals surface area contributed by atoms with Crippen molar-refractivity contribution in [2.75, 3.05) is 13.7 Å². The molecule has 1 unspecified atom stereocenters. The van der Waals surface area contributed by atoms with E-state index >= 15 is 0 Å². The number of benzene rings is 1. The minimum absolute atomic E-state index is 0.00240. The SMILES string of the molecule is CC[C@H](O)[C@H](OC)[C@H]1OC(C)(C)O[C@H]1CO[Si](C)(c1ccccc1)C(C)(C)C. The van der Waals surface area contributed by atoms with Crippen molar-refractivity contribution in [3.63, 3.8) is 0 Å². The zero-order valence-electron chi connectivity index (χ0n) is 18.7. The van der Waals surface area contributed by atoms with Gasteiger partial charge in [-0.05, 0) is 37.0 Å². The van der Waals surface area contributed by atoms with Crippen LogP contribution in [0.1, 0.15) is 48.0 Å². The van der Waals surface area contributed by atoms with Crippen LogP contribution in [0.15, 0.2) is 30.3 Å². The third kappa shape index (κ3) is 5.04. The third-order valence-corrected chi connectivity index (χ3v) is 10.9. The first-order chi connectivity index (χ1) is 12.9. The van der Waals surface area contributed by atoms with Gasteiger partial charge in [0.2, 0.25) is 8.32 Å². The van der Waals surface area contributed by atoms with Gasteiger partial charge in [-0.15, -0.1) is 0 Å². The van der Waals surface area contributed by atoms with E-state index in [1.165, 1.54) is 5.19 Å². The molecule has 0 aliphatic carbocycles. The molecule has 1 aliphatic heterocycles. The molecule has 160 valence electrons. The van der Waals surface area contributed by atoms with Crippen molar-refractivity contribution in [1.82, 2.24) is 0 Å². The highest BCUT2D eigenvalue weighted by atomic mass is 28.4. The van der Waals surface area contributed by atoms with Crippen molar-refractivity contribution >= 4 is 13.5 Å². The van der Waals surface area contributed by atoms with Gasteiger partial charge < -0.3 is 23.7 Å². The maximum atomic E-state index is 10.4. The van der Waals surface area contributed by atoms with Crippen LogP contribution in [0, 0.1) is 0 Å². The number of hydrogen-bond acceptors (Lipinski definition) is 5. The Morgan fingerprint density at radius 1 is 1.18 bits per heavy atom. The third-order valence-electron chi connectivity index (χ3n) is 5.91. The summed E-state index contributed by atoms with van der Waals surface area (Å²) >= 11 is 0. The second-order valence-corrected chi connectivity index (χ2v) is 13.7. The molecule has 1 fully saturated rings. The van der Waals surface area contributed by atoms with Gasteiger partial charge in [0, 0.05) is 7.11 Å². The van der Waals surface area contributed by atoms with Gasteiger partial charge >= 0.3 is 0 Å². The Morgan fingerprint density at radius 3 is 2.29 bits per heavy atom. The molecule has 0 aromatic heterocycles. The zero-order valence-corrected chi connectivity index (χ0v) is 19.7. The smallest absolute Gasteiger partial charge is 0.226 e. The molecule has 5 nitrogen and oxygen atoms in total. The maximum Gasteiger partial charge on any atom is 0.226 e. The first kappa shape index (κ1) is 23.5. The van der Waals surface area contributed by atoms with Crippen LogP contribution in [-0.4, -0.2) is 57.3 Å². The second kappa shape index (κ2) is 8.94. The van der Waals surface area contributed by atoms with Crippen molar-refractivity contribution in [2.24, 2.45) is 0 Å². The summed E-state index contributed by atoms with van der Waals surface area (Å²) in [7, 11) is -0.685. The van der Waals surface area contributed by atoms with Crippen molar-refractivity contribution in [2.45, 2.75) is 89.8 Å². The number of methoxy groups -OCH3 is 1. The van der Waals surface area contributed by atoms with E-state index in [0.717, 1.165) is 0 Å². The van der Waals surface area contributed by atoms with Gasteiger partial charge in [0.15, 0.2) is 5.79 Å². The van der Waals surface area contributed by atoms with Crippen LogP contribution in [0.25, 0.3) is 0 Å². The van der Waals surface area contributed by atoms with Gasteiger partial charge in [-0.3, -0.25) is 0 Å². The molecule has 1 aromatic rings. The number of aliphatic hydroxyl groups is 1. The van der Waals surface area contributed by atoms with Gasteiger partial charge in [0.1, 0.15) is 18.3 Å². The fourth-order valence-electron chi connectivity index (χ4n) is 3.75. The van der Waals surface area contributed by atoms with Crippen molar-refractivity contribution in [1.29, 1.82) is 0 Å². The summed E-state index contributed by atoms with van der Waals surface area (Å²) in [6, 6.07) is 10.5. The van der Waals surface area contributed by atoms with E-state index in [4.69, 9.17) is 18.6 Å². The molecule has 1 aliphatic rings. The molecule has 28 heavy (non-hydrogen) atoms. The molecular formula is C22H38O5Si. The minimum Gasteiger partial charge on any atom is -0.409 e. The summed E-state index contributed by atoms with van der Waals surface area (Å²) in [4.78, 5) is 0. The van der Waals surface area contributed by atoms with Crippen molar-refractivity contribution < 1.29 is 23.7 Å². The predicted octanol–water partition coefficient (Wildman–Crippen LogP) is 3.59. The van der Waals surface area contributed by atoms with Gasteiger partial charge in [0.25, 0.3) is 0 Å². The summed E-state index contributed by atoms with van der Waals surface area (Å²) in [6.45, 7) is 15.1. The lowest BCUT2D eigenvalue weighted by molar-refractivity contribution is -0.166. The molecule has 0 bridgehead atoms. The zero-order chi connectivity index (χ0) is 21.2. The van der Waals surface area contributed by atoms with E-state index in [1.54, 1.807) is 7.11 Å². The minimum atomic E-state index is -2.29. The van der Waals surface area contributed by atoms with E-state index in [1.807, 2.05) is 26.8 Å². The van der Waals surface area contributed by atoms with Crippen LogP contribution >= 0.6 is 0 Å². The molecule has 1 heterocycles. The molecule has 5 atom stereocenters. The monoisotopic (exact) mass is 410 g/mol. The largest absolute Gasteiger partial charge is 0.409 e. The Morgan fingerprint density at radius 2 is 1.79 bits per heavy atom. The van der Waals surface area contributed by atoms with Crippen molar-refractivity contribution in [3.05, 3.63) is 30.3 Å². The topological polar surface area (TPSA) is 57.2 Å². The summed E-state index contributed by atoms with van der Waals surface area (Å²) < 4.78 is 24.6. The Kier molecular flexibility index (Phi) is 7.51. The van der Waals surface area contributed by atoms with Crippen LogP contribution in [-0.2, 0) is 18.6 Å². The van der Waals surface area contributed by atoms with Crippen LogP contribution in [0.5, 0.6) is 0 Å². The van der Waals surface area contributed by atoms with E-state index in [0.29, 0.717) is 13.0 Å². The van der Waals surface area contributed by atoms with Gasteiger partial charge in [0.05, 0.1) is 12.7 Å². The first-order valence-corrected chi connectivity index (χ1v) is 12.6. The molecule has 2 rings (SSSR count). The summed E-state index contributed by atoms with van der Waals surface area (Å²) in [5.74, 6) is -0.741. The van der Waals surface area contributed by atoms with Gasteiger partial charge in [-0.25, -0.2) is 0 Å². The fraction of sp³-hybridized carbons (Fsp3) is 0.727. The van der Waals surface area contributed by atoms with E-state index in [-0.39, 0.29) is 17.2 Å². The van der Waals surface area contributed by atoms with Crippen LogP contribution in [0.3, 0.4) is 0 Å². The normalized spacial score (nSPS) is 26.6. The molecule has 0 saturated carbocycles. The highest BCUT2D eigenvalue weighted by Gasteiger charge is 2.50. The molecule has 0 spiro atoms. The van der Waals surface area contributed by atoms with Crippen LogP contribution in [0.4, 0.5) is 0 Å². The van der Waals surface area contributed by atoms with Gasteiger partial charge in [-0.2, -0.15) is 0 Å². The number of ether oxygens (including phenoxy) is 3. The predicted molar refractivity (Wildman–Crippen MR) is 114 cm³/mol. The lowest BCUT2D eigenvalue weighted by atomic mass is 10.0. The van der Waals surface area contributed by atoms with E-state index in [2.05, 4.69) is 51.6 Å². The average Bonchev–Trinajstić information content (AvgIpc) is 2.94. The number of hydrogen-bond donors (Lipinski definition) is 1. The molecule has 0 amide bonds. The average molecular weight is 411 g/mol. The van der Waals surface area contributed by atoms with Gasteiger partial charge in [-0.1, -0.05) is 58.0 Å². The van der Waals surface area contributed by atoms with Crippen molar-refractivity contribution in [3.8, 4) is 0 Å². The lowest BCUT2D eigenvalue weighted by Crippen LogP contribution is -2.57. The number of rotatable bonds is 8. The molecule has 6 heteroatoms. The quantitative estimate of drug-likeness (QED) is 0.664. The molecule has 0 radical (unpaired) electrons. The lowest BCUT2D eigenvalue weighted by Gasteiger charge is -2.40. The van der Waals surface area contributed by atoms with Crippen LogP contribution < -0.4 is 5.19 Å². The second-order valence-electron chi connectivity index (χ2n) is 9.27. The summed E-state index contributed by atoms with van der Waals surface area (Å²) in [5.41, 5.74) is 0. The Labute approximate surface area is 171 Å². The number of aliphatic hydroxyl groups excluding tert-OH is 1. The summed E-state index contributed by atoms with van der Waals surface area (Å²) in [6.07, 6.45) is -1.18. The first-order valence-electron chi connectivity index (χ1n) is 10.2. The summed E-state index contributed by atoms with van der Waals surface area (Å²) in [5, 5.41) is 11.7. The molecule has 1 saturated heterocycles. The Balaban J connectivity index is 2.25. The molecule has 1 aromatic carbocycles. The highest BCUT2D eigenvalue weighted by Crippen LogP contribution is 2.38. The Bertz CT molecular complexity index is 615. The molecule has 1 N–H and O–H groups in total. The highest BCUT2D eigenvalue weighted by molar-refractivity contribution is 6.87. The Hall–Kier alpha value is -0.763. The standard InChI is InChI=1S/C22H38O5Si/c1-9-17(23)19(24-7)20-18(26-22(5,6)27-20)15-25-28(8,21(2,3)4)16-13-11-10-12-14-16/h10-14,17-20,23H,9,15H2,1-8H3/t17-,18-,19-,20-,28?/m0/s1. The fourth-order valence-corrected chi connectivity index (χ4v) is 6.54. The molecular weight excluding hydrogens is 372 g/mol. The van der Waals surface area contributed by atoms with E-state index in [9.17, 15) is 5.11 Å².